The Kier molecular flexibility index (Phi) is 5.53. The molecule has 0 aliphatic heterocycles. The summed E-state index contributed by atoms with van der Waals surface area (Å²) in [7, 11) is 1.64. The van der Waals surface area contributed by atoms with E-state index in [1.807, 2.05) is 60.0 Å². The van der Waals surface area contributed by atoms with Crippen molar-refractivity contribution < 1.29 is 14.6 Å². The van der Waals surface area contributed by atoms with E-state index in [0.717, 1.165) is 34.7 Å². The van der Waals surface area contributed by atoms with Crippen molar-refractivity contribution in [3.63, 3.8) is 0 Å². The lowest BCUT2D eigenvalue weighted by atomic mass is 10.1. The summed E-state index contributed by atoms with van der Waals surface area (Å²) in [6, 6.07) is 15.0. The van der Waals surface area contributed by atoms with E-state index in [9.17, 15) is 9.90 Å². The number of hydrogen-bond donors (Lipinski definition) is 2. The minimum atomic E-state index is -0.834. The van der Waals surface area contributed by atoms with E-state index in [2.05, 4.69) is 5.32 Å². The molecule has 0 saturated carbocycles. The molecule has 1 aromatic heterocycles. The van der Waals surface area contributed by atoms with Crippen LogP contribution in [0, 0.1) is 0 Å². The molecule has 1 atom stereocenters. The summed E-state index contributed by atoms with van der Waals surface area (Å²) >= 11 is 0. The second-order valence-electron chi connectivity index (χ2n) is 6.11. The Bertz CT molecular complexity index is 887. The third-order valence-corrected chi connectivity index (χ3v) is 4.34. The predicted molar refractivity (Wildman–Crippen MR) is 101 cm³/mol. The van der Waals surface area contributed by atoms with Crippen LogP contribution in [0.15, 0.2) is 48.5 Å². The van der Waals surface area contributed by atoms with Crippen LogP contribution in [-0.2, 0) is 11.3 Å². The highest BCUT2D eigenvalue weighted by atomic mass is 16.5. The van der Waals surface area contributed by atoms with Crippen molar-refractivity contribution >= 4 is 17.0 Å². The molecule has 6 heteroatoms. The SMILES string of the molecule is CCCC(NCc1nc2ccccc2n1-c1ccc(OC)cc1)C(=O)O. The summed E-state index contributed by atoms with van der Waals surface area (Å²) in [5.41, 5.74) is 2.82. The van der Waals surface area contributed by atoms with Gasteiger partial charge in [0.25, 0.3) is 0 Å². The number of ether oxygens (including phenoxy) is 1. The number of carbonyl (C=O) groups is 1. The number of para-hydroxylation sites is 2. The first-order chi connectivity index (χ1) is 12.6. The minimum absolute atomic E-state index is 0.373. The second kappa shape index (κ2) is 8.01. The van der Waals surface area contributed by atoms with Gasteiger partial charge < -0.3 is 9.84 Å². The predicted octanol–water partition coefficient (Wildman–Crippen LogP) is 3.38. The van der Waals surface area contributed by atoms with Crippen molar-refractivity contribution in [2.45, 2.75) is 32.4 Å². The van der Waals surface area contributed by atoms with Crippen molar-refractivity contribution in [1.82, 2.24) is 14.9 Å². The molecule has 136 valence electrons. The fraction of sp³-hybridized carbons (Fsp3) is 0.300. The molecule has 0 amide bonds. The standard InChI is InChI=1S/C20H23N3O3/c1-3-6-17(20(24)25)21-13-19-22-16-7-4-5-8-18(16)23(19)14-9-11-15(26-2)12-10-14/h4-5,7-12,17,21H,3,6,13H2,1-2H3,(H,24,25). The molecule has 0 fully saturated rings. The number of fused-ring (bicyclic) bond motifs is 1. The van der Waals surface area contributed by atoms with Crippen LogP contribution in [0.3, 0.4) is 0 Å². The Hall–Kier alpha value is -2.86. The van der Waals surface area contributed by atoms with Gasteiger partial charge in [0.2, 0.25) is 0 Å². The third kappa shape index (κ3) is 3.70. The van der Waals surface area contributed by atoms with Crippen LogP contribution < -0.4 is 10.1 Å². The maximum atomic E-state index is 11.4. The van der Waals surface area contributed by atoms with Gasteiger partial charge in [0.15, 0.2) is 0 Å². The quantitative estimate of drug-likeness (QED) is 0.649. The molecule has 0 aliphatic rings. The Morgan fingerprint density at radius 3 is 2.62 bits per heavy atom. The van der Waals surface area contributed by atoms with Crippen LogP contribution in [-0.4, -0.2) is 33.8 Å². The largest absolute Gasteiger partial charge is 0.497 e. The molecule has 26 heavy (non-hydrogen) atoms. The molecule has 0 saturated heterocycles. The van der Waals surface area contributed by atoms with E-state index in [4.69, 9.17) is 9.72 Å². The smallest absolute Gasteiger partial charge is 0.320 e. The first-order valence-electron chi connectivity index (χ1n) is 8.71. The number of nitrogens with one attached hydrogen (secondary N) is 1. The van der Waals surface area contributed by atoms with Crippen LogP contribution in [0.2, 0.25) is 0 Å². The van der Waals surface area contributed by atoms with Gasteiger partial charge in [-0.25, -0.2) is 4.98 Å². The number of aromatic nitrogens is 2. The average Bonchev–Trinajstić information content (AvgIpc) is 3.03. The zero-order valence-electron chi connectivity index (χ0n) is 15.0. The zero-order valence-corrected chi connectivity index (χ0v) is 15.0. The molecule has 2 aromatic carbocycles. The number of hydrogen-bond acceptors (Lipinski definition) is 4. The summed E-state index contributed by atoms with van der Waals surface area (Å²) in [6.45, 7) is 2.35. The molecule has 1 unspecified atom stereocenters. The fourth-order valence-electron chi connectivity index (χ4n) is 3.03. The summed E-state index contributed by atoms with van der Waals surface area (Å²) in [6.07, 6.45) is 1.39. The summed E-state index contributed by atoms with van der Waals surface area (Å²) in [5, 5.41) is 12.5. The number of carboxylic acid groups (broad SMARTS) is 1. The van der Waals surface area contributed by atoms with E-state index < -0.39 is 12.0 Å². The zero-order chi connectivity index (χ0) is 18.5. The van der Waals surface area contributed by atoms with Crippen molar-refractivity contribution in [2.24, 2.45) is 0 Å². The van der Waals surface area contributed by atoms with E-state index in [1.54, 1.807) is 7.11 Å². The van der Waals surface area contributed by atoms with Crippen LogP contribution in [0.5, 0.6) is 5.75 Å². The molecule has 2 N–H and O–H groups in total. The van der Waals surface area contributed by atoms with E-state index in [0.29, 0.717) is 13.0 Å². The Balaban J connectivity index is 1.97. The molecule has 0 radical (unpaired) electrons. The maximum Gasteiger partial charge on any atom is 0.320 e. The van der Waals surface area contributed by atoms with Gasteiger partial charge in [-0.1, -0.05) is 25.5 Å². The van der Waals surface area contributed by atoms with Crippen molar-refractivity contribution in [2.75, 3.05) is 7.11 Å². The van der Waals surface area contributed by atoms with E-state index in [1.165, 1.54) is 0 Å². The van der Waals surface area contributed by atoms with E-state index in [-0.39, 0.29) is 0 Å². The molecule has 0 aliphatic carbocycles. The van der Waals surface area contributed by atoms with Crippen LogP contribution in [0.25, 0.3) is 16.7 Å². The highest BCUT2D eigenvalue weighted by Gasteiger charge is 2.18. The van der Waals surface area contributed by atoms with Crippen LogP contribution in [0.1, 0.15) is 25.6 Å². The minimum Gasteiger partial charge on any atom is -0.497 e. The first-order valence-corrected chi connectivity index (χ1v) is 8.71. The molecule has 0 bridgehead atoms. The lowest BCUT2D eigenvalue weighted by Gasteiger charge is -2.15. The molecule has 3 rings (SSSR count). The molecular formula is C20H23N3O3. The number of rotatable bonds is 8. The molecule has 3 aromatic rings. The maximum absolute atomic E-state index is 11.4. The van der Waals surface area contributed by atoms with Gasteiger partial charge in [-0.3, -0.25) is 14.7 Å². The van der Waals surface area contributed by atoms with Crippen molar-refractivity contribution in [3.05, 3.63) is 54.4 Å². The normalized spacial score (nSPS) is 12.2. The van der Waals surface area contributed by atoms with Crippen molar-refractivity contribution in [3.8, 4) is 11.4 Å². The monoisotopic (exact) mass is 353 g/mol. The topological polar surface area (TPSA) is 76.4 Å². The number of carboxylic acids is 1. The van der Waals surface area contributed by atoms with E-state index >= 15 is 0 Å². The highest BCUT2D eigenvalue weighted by Crippen LogP contribution is 2.23. The molecule has 0 spiro atoms. The van der Waals surface area contributed by atoms with Crippen LogP contribution >= 0.6 is 0 Å². The Labute approximate surface area is 152 Å². The second-order valence-corrected chi connectivity index (χ2v) is 6.11. The Morgan fingerprint density at radius 2 is 1.96 bits per heavy atom. The van der Waals surface area contributed by atoms with Gasteiger partial charge in [0.05, 0.1) is 24.7 Å². The summed E-state index contributed by atoms with van der Waals surface area (Å²) in [4.78, 5) is 16.1. The molecular weight excluding hydrogens is 330 g/mol. The number of imidazole rings is 1. The lowest BCUT2D eigenvalue weighted by Crippen LogP contribution is -2.36. The summed E-state index contributed by atoms with van der Waals surface area (Å²) in [5.74, 6) is 0.726. The highest BCUT2D eigenvalue weighted by molar-refractivity contribution is 5.78. The van der Waals surface area contributed by atoms with Gasteiger partial charge in [0, 0.05) is 5.69 Å². The van der Waals surface area contributed by atoms with Crippen molar-refractivity contribution in [1.29, 1.82) is 0 Å². The first kappa shape index (κ1) is 17.9. The number of aliphatic carboxylic acids is 1. The van der Waals surface area contributed by atoms with Gasteiger partial charge in [-0.15, -0.1) is 0 Å². The fourth-order valence-corrected chi connectivity index (χ4v) is 3.03. The number of nitrogens with zero attached hydrogens (tertiary/aromatic N) is 2. The number of benzene rings is 2. The summed E-state index contributed by atoms with van der Waals surface area (Å²) < 4.78 is 7.28. The lowest BCUT2D eigenvalue weighted by molar-refractivity contribution is -0.139. The van der Waals surface area contributed by atoms with Gasteiger partial charge >= 0.3 is 5.97 Å². The van der Waals surface area contributed by atoms with Gasteiger partial charge in [-0.05, 0) is 42.8 Å². The number of methoxy groups -OCH3 is 1. The van der Waals surface area contributed by atoms with Crippen LogP contribution in [0.4, 0.5) is 0 Å². The van der Waals surface area contributed by atoms with Gasteiger partial charge in [0.1, 0.15) is 17.6 Å². The average molecular weight is 353 g/mol. The third-order valence-electron chi connectivity index (χ3n) is 4.34. The molecule has 1 heterocycles. The van der Waals surface area contributed by atoms with Gasteiger partial charge in [-0.2, -0.15) is 0 Å². The Morgan fingerprint density at radius 1 is 1.23 bits per heavy atom. The molecule has 6 nitrogen and oxygen atoms in total.